The minimum atomic E-state index is -5.07. The highest BCUT2D eigenvalue weighted by Gasteiger charge is 2.48. The first-order chi connectivity index (χ1) is 32.6. The van der Waals surface area contributed by atoms with Gasteiger partial charge in [0.25, 0.3) is 0 Å². The van der Waals surface area contributed by atoms with E-state index in [9.17, 15) is 33.1 Å². The molecule has 0 bridgehead atoms. The smallest absolute Gasteiger partial charge is 0.397 e. The van der Waals surface area contributed by atoms with Gasteiger partial charge in [0.05, 0.1) is 19.8 Å². The van der Waals surface area contributed by atoms with Crippen LogP contribution in [0, 0.1) is 0 Å². The van der Waals surface area contributed by atoms with Crippen molar-refractivity contribution in [3.63, 3.8) is 0 Å². The number of unbranched alkanes of at least 4 members (excludes halogenated alkanes) is 20. The average Bonchev–Trinajstić information content (AvgIpc) is 3.30. The van der Waals surface area contributed by atoms with Gasteiger partial charge in [-0.05, 0) is 64.2 Å². The van der Waals surface area contributed by atoms with Gasteiger partial charge < -0.3 is 34.3 Å². The lowest BCUT2D eigenvalue weighted by molar-refractivity contribution is -0.301. The Balaban J connectivity index is 2.34. The Morgan fingerprint density at radius 1 is 0.582 bits per heavy atom. The van der Waals surface area contributed by atoms with E-state index in [0.717, 1.165) is 89.9 Å². The fourth-order valence-electron chi connectivity index (χ4n) is 7.68. The predicted molar refractivity (Wildman–Crippen MR) is 271 cm³/mol. The predicted octanol–water partition coefficient (Wildman–Crippen LogP) is 12.2. The maximum absolute atomic E-state index is 12.9. The van der Waals surface area contributed by atoms with Crippen LogP contribution >= 0.6 is 0 Å². The zero-order valence-corrected chi connectivity index (χ0v) is 42.5. The molecule has 1 aliphatic rings. The van der Waals surface area contributed by atoms with Crippen molar-refractivity contribution in [3.8, 4) is 0 Å². The lowest BCUT2D eigenvalue weighted by Gasteiger charge is -2.41. The number of carbonyl (C=O) groups excluding carboxylic acids is 1. The number of esters is 1. The standard InChI is InChI=1S/C54H94O12S/c1-3-5-7-9-11-13-15-17-19-20-21-22-23-24-25-26-27-28-29-30-32-34-36-38-40-42-44-62-46-48(47-63-54-52(58)53(66-67(59,60)61)51(57)49(45-55)65-54)64-50(56)43-41-39-37-35-33-31-18-16-14-12-10-8-6-4-2/h5,7,11,13,17,19,21-22,24-25,27-28,48-49,51-55,57-58H,3-4,6,8-10,12,14-16,18,20,23,26,29-47H2,1-2H3,(H,59,60,61)/b7-5-,13-11-,19-17-,22-21-,25-24-,28-27-. The van der Waals surface area contributed by atoms with Crippen molar-refractivity contribution in [1.82, 2.24) is 0 Å². The monoisotopic (exact) mass is 967 g/mol. The summed E-state index contributed by atoms with van der Waals surface area (Å²) in [6.07, 6.45) is 49.3. The molecular weight excluding hydrogens is 873 g/mol. The summed E-state index contributed by atoms with van der Waals surface area (Å²) in [4.78, 5) is 12.9. The largest absolute Gasteiger partial charge is 0.457 e. The Morgan fingerprint density at radius 2 is 1.03 bits per heavy atom. The van der Waals surface area contributed by atoms with Crippen LogP contribution in [0.4, 0.5) is 0 Å². The van der Waals surface area contributed by atoms with Gasteiger partial charge in [0.1, 0.15) is 30.5 Å². The average molecular weight is 967 g/mol. The molecule has 6 atom stereocenters. The zero-order chi connectivity index (χ0) is 48.9. The molecule has 67 heavy (non-hydrogen) atoms. The molecule has 0 aromatic carbocycles. The van der Waals surface area contributed by atoms with Gasteiger partial charge >= 0.3 is 16.4 Å². The van der Waals surface area contributed by atoms with E-state index in [1.165, 1.54) is 83.5 Å². The Bertz CT molecular complexity index is 1440. The Labute approximate surface area is 407 Å². The molecule has 0 aromatic heterocycles. The summed E-state index contributed by atoms with van der Waals surface area (Å²) in [6.45, 7) is 3.86. The number of aliphatic hydroxyl groups excluding tert-OH is 3. The van der Waals surface area contributed by atoms with E-state index in [0.29, 0.717) is 13.0 Å². The van der Waals surface area contributed by atoms with Gasteiger partial charge in [0, 0.05) is 13.0 Å². The highest BCUT2D eigenvalue weighted by molar-refractivity contribution is 7.80. The van der Waals surface area contributed by atoms with Gasteiger partial charge in [0.2, 0.25) is 0 Å². The van der Waals surface area contributed by atoms with Crippen LogP contribution in [-0.4, -0.2) is 97.5 Å². The van der Waals surface area contributed by atoms with Crippen molar-refractivity contribution in [1.29, 1.82) is 0 Å². The van der Waals surface area contributed by atoms with E-state index in [-0.39, 0.29) is 19.6 Å². The van der Waals surface area contributed by atoms with Crippen LogP contribution in [0.2, 0.25) is 0 Å². The second-order valence-electron chi connectivity index (χ2n) is 17.7. The molecule has 0 aliphatic carbocycles. The van der Waals surface area contributed by atoms with Crippen LogP contribution in [0.25, 0.3) is 0 Å². The number of hydrogen-bond acceptors (Lipinski definition) is 11. The van der Waals surface area contributed by atoms with E-state index >= 15 is 0 Å². The van der Waals surface area contributed by atoms with Crippen molar-refractivity contribution in [2.75, 3.05) is 26.4 Å². The molecule has 388 valence electrons. The molecule has 0 radical (unpaired) electrons. The van der Waals surface area contributed by atoms with Crippen molar-refractivity contribution in [3.05, 3.63) is 72.9 Å². The molecule has 1 rings (SSSR count). The topological polar surface area (TPSA) is 178 Å². The summed E-state index contributed by atoms with van der Waals surface area (Å²) in [5.74, 6) is -0.404. The normalized spacial score (nSPS) is 20.0. The van der Waals surface area contributed by atoms with Crippen LogP contribution < -0.4 is 0 Å². The molecule has 0 spiro atoms. The van der Waals surface area contributed by atoms with Crippen LogP contribution in [0.3, 0.4) is 0 Å². The molecule has 1 fully saturated rings. The SMILES string of the molecule is CC/C=C\C/C=C\C/C=C\C/C=C\C/C=C\C/C=C\CCCCCCCCCOCC(COC1OC(CO)C(O)C(OS(=O)(=O)O)C1O)OC(=O)CCCCCCCCCCCCCCCC. The minimum absolute atomic E-state index is 0.0267. The second-order valence-corrected chi connectivity index (χ2v) is 18.8. The molecule has 4 N–H and O–H groups in total. The molecule has 6 unspecified atom stereocenters. The highest BCUT2D eigenvalue weighted by atomic mass is 32.3. The first-order valence-electron chi connectivity index (χ1n) is 26.2. The molecule has 0 saturated carbocycles. The highest BCUT2D eigenvalue weighted by Crippen LogP contribution is 2.26. The van der Waals surface area contributed by atoms with Gasteiger partial charge in [-0.1, -0.05) is 202 Å². The number of allylic oxidation sites excluding steroid dienone is 12. The van der Waals surface area contributed by atoms with Crippen molar-refractivity contribution >= 4 is 16.4 Å². The molecule has 0 amide bonds. The first kappa shape index (κ1) is 62.6. The van der Waals surface area contributed by atoms with Gasteiger partial charge in [-0.15, -0.1) is 0 Å². The van der Waals surface area contributed by atoms with E-state index in [4.69, 9.17) is 18.9 Å². The summed E-state index contributed by atoms with van der Waals surface area (Å²) in [5, 5.41) is 30.8. The lowest BCUT2D eigenvalue weighted by atomic mass is 9.99. The molecule has 1 aliphatic heterocycles. The van der Waals surface area contributed by atoms with Gasteiger partial charge in [-0.3, -0.25) is 9.35 Å². The molecule has 0 aromatic rings. The molecule has 12 nitrogen and oxygen atoms in total. The number of hydrogen-bond donors (Lipinski definition) is 4. The maximum Gasteiger partial charge on any atom is 0.397 e. The third kappa shape index (κ3) is 38.0. The molecule has 1 heterocycles. The van der Waals surface area contributed by atoms with Gasteiger partial charge in [-0.2, -0.15) is 8.42 Å². The second kappa shape index (κ2) is 44.7. The van der Waals surface area contributed by atoms with Crippen molar-refractivity contribution < 1.29 is 56.2 Å². The molecular formula is C54H94O12S. The van der Waals surface area contributed by atoms with E-state index in [1.807, 2.05) is 0 Å². The summed E-state index contributed by atoms with van der Waals surface area (Å²) >= 11 is 0. The first-order valence-corrected chi connectivity index (χ1v) is 27.6. The Hall–Kier alpha value is -2.46. The van der Waals surface area contributed by atoms with Crippen molar-refractivity contribution in [2.24, 2.45) is 0 Å². The third-order valence-electron chi connectivity index (χ3n) is 11.6. The summed E-state index contributed by atoms with van der Waals surface area (Å²) in [7, 11) is -5.07. The number of carbonyl (C=O) groups is 1. The number of aliphatic hydroxyl groups is 3. The quantitative estimate of drug-likeness (QED) is 0.0197. The van der Waals surface area contributed by atoms with E-state index in [2.05, 4.69) is 90.9 Å². The fourth-order valence-corrected chi connectivity index (χ4v) is 8.18. The summed E-state index contributed by atoms with van der Waals surface area (Å²) in [5.41, 5.74) is 0. The maximum atomic E-state index is 12.9. The van der Waals surface area contributed by atoms with Gasteiger partial charge in [-0.25, -0.2) is 4.18 Å². The summed E-state index contributed by atoms with van der Waals surface area (Å²) < 4.78 is 59.2. The molecule has 13 heteroatoms. The van der Waals surface area contributed by atoms with Crippen LogP contribution in [0.1, 0.15) is 200 Å². The van der Waals surface area contributed by atoms with Gasteiger partial charge in [0.15, 0.2) is 6.29 Å². The van der Waals surface area contributed by atoms with Crippen LogP contribution in [-0.2, 0) is 38.3 Å². The Morgan fingerprint density at radius 3 is 1.51 bits per heavy atom. The zero-order valence-electron chi connectivity index (χ0n) is 41.7. The summed E-state index contributed by atoms with van der Waals surface area (Å²) in [6, 6.07) is 0. The minimum Gasteiger partial charge on any atom is -0.457 e. The lowest BCUT2D eigenvalue weighted by Crippen LogP contribution is -2.60. The third-order valence-corrected chi connectivity index (χ3v) is 12.1. The number of rotatable bonds is 45. The van der Waals surface area contributed by atoms with E-state index < -0.39 is 59.8 Å². The number of ether oxygens (including phenoxy) is 4. The van der Waals surface area contributed by atoms with Crippen LogP contribution in [0.15, 0.2) is 72.9 Å². The van der Waals surface area contributed by atoms with E-state index in [1.54, 1.807) is 0 Å². The molecule has 1 saturated heterocycles. The van der Waals surface area contributed by atoms with Crippen LogP contribution in [0.5, 0.6) is 0 Å². The Kier molecular flexibility index (Phi) is 41.8. The fraction of sp³-hybridized carbons (Fsp3) is 0.759. The van der Waals surface area contributed by atoms with Crippen molar-refractivity contribution in [2.45, 2.75) is 237 Å².